The summed E-state index contributed by atoms with van der Waals surface area (Å²) in [7, 11) is 0. The molecule has 0 atom stereocenters. The monoisotopic (exact) mass is 328 g/mol. The maximum Gasteiger partial charge on any atom is 0.140 e. The van der Waals surface area contributed by atoms with Crippen LogP contribution >= 0.6 is 11.3 Å². The van der Waals surface area contributed by atoms with Gasteiger partial charge in [0.1, 0.15) is 22.8 Å². The van der Waals surface area contributed by atoms with Gasteiger partial charge in [-0.1, -0.05) is 12.1 Å². The standard InChI is InChI=1S/C17H17FN4S/c18-14-3-1-13(2-4-14)11-21-6-8-22(9-7-21)16-15-5-10-23-17(15)20-12-19-16/h1-5,10,12H,6-9,11H2. The van der Waals surface area contributed by atoms with Gasteiger partial charge in [-0.15, -0.1) is 11.3 Å². The number of halogens is 1. The first-order chi connectivity index (χ1) is 11.3. The summed E-state index contributed by atoms with van der Waals surface area (Å²) in [5.41, 5.74) is 1.15. The molecule has 1 aliphatic heterocycles. The van der Waals surface area contributed by atoms with Crippen LogP contribution in [0.5, 0.6) is 0 Å². The molecular formula is C17H17FN4S. The lowest BCUT2D eigenvalue weighted by atomic mass is 10.2. The highest BCUT2D eigenvalue weighted by molar-refractivity contribution is 7.16. The SMILES string of the molecule is Fc1ccc(CN2CCN(c3ncnc4sccc34)CC2)cc1. The van der Waals surface area contributed by atoms with E-state index in [9.17, 15) is 4.39 Å². The molecular weight excluding hydrogens is 311 g/mol. The number of benzene rings is 1. The summed E-state index contributed by atoms with van der Waals surface area (Å²) < 4.78 is 13.0. The van der Waals surface area contributed by atoms with E-state index < -0.39 is 0 Å². The van der Waals surface area contributed by atoms with Gasteiger partial charge in [0.05, 0.1) is 5.39 Å². The predicted molar refractivity (Wildman–Crippen MR) is 91.3 cm³/mol. The molecule has 0 bridgehead atoms. The molecule has 0 aliphatic carbocycles. The van der Waals surface area contributed by atoms with E-state index >= 15 is 0 Å². The van der Waals surface area contributed by atoms with Crippen molar-refractivity contribution in [1.29, 1.82) is 0 Å². The second kappa shape index (κ2) is 6.22. The van der Waals surface area contributed by atoms with E-state index in [-0.39, 0.29) is 5.82 Å². The van der Waals surface area contributed by atoms with Gasteiger partial charge in [0.25, 0.3) is 0 Å². The molecule has 0 saturated carbocycles. The first-order valence-corrected chi connectivity index (χ1v) is 8.57. The maximum atomic E-state index is 13.0. The molecule has 1 saturated heterocycles. The van der Waals surface area contributed by atoms with Gasteiger partial charge in [0, 0.05) is 32.7 Å². The van der Waals surface area contributed by atoms with Crippen LogP contribution in [0.25, 0.3) is 10.2 Å². The predicted octanol–water partition coefficient (Wildman–Crippen LogP) is 3.15. The summed E-state index contributed by atoms with van der Waals surface area (Å²) in [6, 6.07) is 8.88. The number of aromatic nitrogens is 2. The second-order valence-electron chi connectivity index (χ2n) is 5.73. The quantitative estimate of drug-likeness (QED) is 0.739. The van der Waals surface area contributed by atoms with E-state index in [1.54, 1.807) is 17.7 Å². The van der Waals surface area contributed by atoms with Crippen molar-refractivity contribution in [3.63, 3.8) is 0 Å². The summed E-state index contributed by atoms with van der Waals surface area (Å²) in [6.45, 7) is 4.72. The van der Waals surface area contributed by atoms with Gasteiger partial charge < -0.3 is 4.90 Å². The van der Waals surface area contributed by atoms with Gasteiger partial charge in [0.2, 0.25) is 0 Å². The fraction of sp³-hybridized carbons (Fsp3) is 0.294. The Bertz CT molecular complexity index is 794. The Kier molecular flexibility index (Phi) is 3.93. The van der Waals surface area contributed by atoms with E-state index in [0.29, 0.717) is 0 Å². The van der Waals surface area contributed by atoms with Crippen LogP contribution < -0.4 is 4.90 Å². The lowest BCUT2D eigenvalue weighted by Gasteiger charge is -2.35. The van der Waals surface area contributed by atoms with Crippen LogP contribution in [0, 0.1) is 5.82 Å². The van der Waals surface area contributed by atoms with Crippen molar-refractivity contribution in [2.24, 2.45) is 0 Å². The molecule has 3 aromatic rings. The topological polar surface area (TPSA) is 32.3 Å². The molecule has 1 fully saturated rings. The number of thiophene rings is 1. The highest BCUT2D eigenvalue weighted by Gasteiger charge is 2.20. The minimum Gasteiger partial charge on any atom is -0.353 e. The molecule has 4 rings (SSSR count). The Hall–Kier alpha value is -2.05. The molecule has 0 spiro atoms. The van der Waals surface area contributed by atoms with Crippen molar-refractivity contribution in [2.75, 3.05) is 31.1 Å². The summed E-state index contributed by atoms with van der Waals surface area (Å²) in [4.78, 5) is 14.6. The summed E-state index contributed by atoms with van der Waals surface area (Å²) in [5.74, 6) is 0.861. The third kappa shape index (κ3) is 3.04. The Morgan fingerprint density at radius 2 is 1.78 bits per heavy atom. The first-order valence-electron chi connectivity index (χ1n) is 7.69. The number of nitrogens with zero attached hydrogens (tertiary/aromatic N) is 4. The van der Waals surface area contributed by atoms with Crippen LogP contribution in [0.1, 0.15) is 5.56 Å². The van der Waals surface area contributed by atoms with Crippen molar-refractivity contribution in [3.05, 3.63) is 53.4 Å². The van der Waals surface area contributed by atoms with Crippen molar-refractivity contribution < 1.29 is 4.39 Å². The van der Waals surface area contributed by atoms with Crippen LogP contribution in [0.4, 0.5) is 10.2 Å². The van der Waals surface area contributed by atoms with E-state index in [0.717, 1.165) is 54.3 Å². The van der Waals surface area contributed by atoms with Crippen LogP contribution in [-0.4, -0.2) is 41.0 Å². The normalized spacial score (nSPS) is 16.1. The smallest absolute Gasteiger partial charge is 0.140 e. The fourth-order valence-corrected chi connectivity index (χ4v) is 3.72. The molecule has 23 heavy (non-hydrogen) atoms. The van der Waals surface area contributed by atoms with Gasteiger partial charge in [-0.2, -0.15) is 0 Å². The number of rotatable bonds is 3. The molecule has 0 unspecified atom stereocenters. The van der Waals surface area contributed by atoms with Gasteiger partial charge in [0.15, 0.2) is 0 Å². The van der Waals surface area contributed by atoms with Crippen molar-refractivity contribution in [3.8, 4) is 0 Å². The van der Waals surface area contributed by atoms with E-state index in [4.69, 9.17) is 0 Å². The highest BCUT2D eigenvalue weighted by Crippen LogP contribution is 2.27. The van der Waals surface area contributed by atoms with Gasteiger partial charge in [-0.3, -0.25) is 4.90 Å². The molecule has 1 aromatic carbocycles. The number of hydrogen-bond acceptors (Lipinski definition) is 5. The first kappa shape index (κ1) is 14.5. The molecule has 6 heteroatoms. The van der Waals surface area contributed by atoms with E-state index in [1.165, 1.54) is 12.1 Å². The zero-order valence-electron chi connectivity index (χ0n) is 12.7. The zero-order chi connectivity index (χ0) is 15.6. The molecule has 0 N–H and O–H groups in total. The summed E-state index contributed by atoms with van der Waals surface area (Å²) in [6.07, 6.45) is 1.65. The highest BCUT2D eigenvalue weighted by atomic mass is 32.1. The number of piperazine rings is 1. The van der Waals surface area contributed by atoms with Crippen LogP contribution in [0.3, 0.4) is 0 Å². The van der Waals surface area contributed by atoms with E-state index in [2.05, 4.69) is 31.2 Å². The molecule has 1 aliphatic rings. The molecule has 0 radical (unpaired) electrons. The maximum absolute atomic E-state index is 13.0. The Morgan fingerprint density at radius 1 is 1.00 bits per heavy atom. The second-order valence-corrected chi connectivity index (χ2v) is 6.62. The van der Waals surface area contributed by atoms with Crippen molar-refractivity contribution in [2.45, 2.75) is 6.54 Å². The average molecular weight is 328 g/mol. The van der Waals surface area contributed by atoms with E-state index in [1.807, 2.05) is 12.1 Å². The molecule has 0 amide bonds. The van der Waals surface area contributed by atoms with Gasteiger partial charge >= 0.3 is 0 Å². The third-order valence-corrected chi connectivity index (χ3v) is 5.05. The molecule has 2 aromatic heterocycles. The lowest BCUT2D eigenvalue weighted by molar-refractivity contribution is 0.249. The molecule has 3 heterocycles. The summed E-state index contributed by atoms with van der Waals surface area (Å²) >= 11 is 1.65. The number of hydrogen-bond donors (Lipinski definition) is 0. The van der Waals surface area contributed by atoms with Crippen LogP contribution in [-0.2, 0) is 6.54 Å². The average Bonchev–Trinajstić information content (AvgIpc) is 3.06. The fourth-order valence-electron chi connectivity index (χ4n) is 2.99. The Morgan fingerprint density at radius 3 is 2.57 bits per heavy atom. The third-order valence-electron chi connectivity index (χ3n) is 4.23. The zero-order valence-corrected chi connectivity index (χ0v) is 13.5. The van der Waals surface area contributed by atoms with Crippen LogP contribution in [0.15, 0.2) is 42.0 Å². The van der Waals surface area contributed by atoms with Gasteiger partial charge in [-0.25, -0.2) is 14.4 Å². The molecule has 4 nitrogen and oxygen atoms in total. The number of fused-ring (bicyclic) bond motifs is 1. The molecule has 118 valence electrons. The number of anilines is 1. The van der Waals surface area contributed by atoms with Crippen LogP contribution in [0.2, 0.25) is 0 Å². The lowest BCUT2D eigenvalue weighted by Crippen LogP contribution is -2.46. The minimum atomic E-state index is -0.179. The van der Waals surface area contributed by atoms with Gasteiger partial charge in [-0.05, 0) is 29.1 Å². The van der Waals surface area contributed by atoms with Crippen molar-refractivity contribution in [1.82, 2.24) is 14.9 Å². The van der Waals surface area contributed by atoms with Crippen molar-refractivity contribution >= 4 is 27.4 Å². The minimum absolute atomic E-state index is 0.179. The Balaban J connectivity index is 1.43. The largest absolute Gasteiger partial charge is 0.353 e. The summed E-state index contributed by atoms with van der Waals surface area (Å²) in [5, 5.41) is 3.21. The Labute approximate surface area is 138 Å².